The number of phenols is 1. The summed E-state index contributed by atoms with van der Waals surface area (Å²) in [6.07, 6.45) is 0. The molecular formula is C27H27N5O20S6. The van der Waals surface area contributed by atoms with Crippen LogP contribution in [0.2, 0.25) is 0 Å². The molecule has 25 nitrogen and oxygen atoms in total. The average molecular weight is 934 g/mol. The van der Waals surface area contributed by atoms with E-state index in [1.54, 1.807) is 0 Å². The predicted molar refractivity (Wildman–Crippen MR) is 197 cm³/mol. The molecule has 0 aromatic heterocycles. The number of benzene rings is 4. The number of fused-ring (bicyclic) bond motifs is 1. The molecule has 0 aliphatic rings. The Morgan fingerprint density at radius 2 is 1.07 bits per heavy atom. The highest BCUT2D eigenvalue weighted by Crippen LogP contribution is 2.48. The van der Waals surface area contributed by atoms with E-state index in [-0.39, 0.29) is 22.0 Å². The lowest BCUT2D eigenvalue weighted by Gasteiger charge is -2.14. The van der Waals surface area contributed by atoms with Gasteiger partial charge in [-0.15, -0.1) is 15.3 Å². The second-order valence-corrected chi connectivity index (χ2v) is 20.3. The summed E-state index contributed by atoms with van der Waals surface area (Å²) in [7, 11) is -27.8. The molecule has 0 amide bonds. The number of methoxy groups -OCH3 is 1. The van der Waals surface area contributed by atoms with Gasteiger partial charge in [-0.05, 0) is 53.9 Å². The van der Waals surface area contributed by atoms with E-state index in [4.69, 9.17) is 19.6 Å². The summed E-state index contributed by atoms with van der Waals surface area (Å²) < 4.78 is 193. The van der Waals surface area contributed by atoms with Crippen molar-refractivity contribution in [1.29, 1.82) is 0 Å². The van der Waals surface area contributed by atoms with Gasteiger partial charge in [0.2, 0.25) is 0 Å². The van der Waals surface area contributed by atoms with Crippen LogP contribution in [0.5, 0.6) is 11.5 Å². The van der Waals surface area contributed by atoms with Crippen molar-refractivity contribution in [3.63, 3.8) is 0 Å². The number of hydrogen-bond donors (Lipinski definition) is 6. The van der Waals surface area contributed by atoms with Crippen molar-refractivity contribution in [2.24, 2.45) is 20.5 Å². The second-order valence-electron chi connectivity index (χ2n) is 11.1. The van der Waals surface area contributed by atoms with E-state index in [2.05, 4.69) is 28.8 Å². The maximum atomic E-state index is 12.7. The average Bonchev–Trinajstić information content (AvgIpc) is 3.08. The Morgan fingerprint density at radius 3 is 1.55 bits per heavy atom. The van der Waals surface area contributed by atoms with Gasteiger partial charge in [0.05, 0.1) is 58.4 Å². The minimum atomic E-state index is -5.34. The summed E-state index contributed by atoms with van der Waals surface area (Å²) in [5, 5.41) is 25.1. The van der Waals surface area contributed by atoms with Gasteiger partial charge in [0, 0.05) is 6.07 Å². The lowest BCUT2D eigenvalue weighted by atomic mass is 10.1. The fraction of sp³-hybridized carbons (Fsp3) is 0.185. The quantitative estimate of drug-likeness (QED) is 0.0503. The molecule has 0 bridgehead atoms. The smallest absolute Gasteiger partial charge is 0.397 e. The van der Waals surface area contributed by atoms with Crippen molar-refractivity contribution in [2.45, 2.75) is 19.6 Å². The van der Waals surface area contributed by atoms with E-state index in [0.29, 0.717) is 12.1 Å². The molecule has 0 spiro atoms. The molecule has 58 heavy (non-hydrogen) atoms. The number of aromatic hydroxyl groups is 1. The summed E-state index contributed by atoms with van der Waals surface area (Å²) in [6.45, 7) is -1.87. The van der Waals surface area contributed by atoms with Crippen LogP contribution < -0.4 is 10.5 Å². The standard InChI is InChI=1S/C27H27N5O20S6/c1-50-20-14-18(54(36,37)11-9-52-58(47,48)49)6-7-19(20)30-32-26-22(56(41,42)43)13-15-12-21(55(38,39)40)25(24(28)23(15)27(26)33)31-29-16-2-4-17(5-3-16)53(34,35)10-8-51-57(44,45)46/h2-7,12-14,33H,8-11,28H2,1H3,(H,38,39,40)(H,41,42,43)(H,44,45,46)(H,47,48,49). The largest absolute Gasteiger partial charge is 0.505 e. The highest BCUT2D eigenvalue weighted by atomic mass is 32.3. The highest BCUT2D eigenvalue weighted by Gasteiger charge is 2.28. The minimum absolute atomic E-state index is 0.159. The fourth-order valence-corrected chi connectivity index (χ4v) is 9.02. The molecule has 0 atom stereocenters. The first-order valence-corrected chi connectivity index (χ1v) is 23.8. The summed E-state index contributed by atoms with van der Waals surface area (Å²) in [5.74, 6) is -3.27. The summed E-state index contributed by atoms with van der Waals surface area (Å²) in [6, 6.07) is 8.18. The monoisotopic (exact) mass is 933 g/mol. The molecule has 0 heterocycles. The molecule has 4 rings (SSSR count). The number of azo groups is 2. The Labute approximate surface area is 329 Å². The molecule has 0 unspecified atom stereocenters. The van der Waals surface area contributed by atoms with Crippen LogP contribution >= 0.6 is 0 Å². The van der Waals surface area contributed by atoms with Crippen LogP contribution in [0.4, 0.5) is 28.4 Å². The molecule has 31 heteroatoms. The van der Waals surface area contributed by atoms with Gasteiger partial charge in [0.1, 0.15) is 32.6 Å². The fourth-order valence-electron chi connectivity index (χ4n) is 4.70. The highest BCUT2D eigenvalue weighted by molar-refractivity contribution is 7.91. The number of nitrogens with two attached hydrogens (primary N) is 1. The molecule has 0 saturated carbocycles. The molecule has 0 fully saturated rings. The number of nitrogen functional groups attached to an aromatic ring is 1. The van der Waals surface area contributed by atoms with Gasteiger partial charge >= 0.3 is 20.8 Å². The van der Waals surface area contributed by atoms with E-state index in [0.717, 1.165) is 49.6 Å². The number of anilines is 1. The van der Waals surface area contributed by atoms with E-state index in [9.17, 15) is 64.7 Å². The van der Waals surface area contributed by atoms with Crippen molar-refractivity contribution in [2.75, 3.05) is 37.6 Å². The predicted octanol–water partition coefficient (Wildman–Crippen LogP) is 2.65. The number of ether oxygens (including phenoxy) is 1. The lowest BCUT2D eigenvalue weighted by Crippen LogP contribution is -2.15. The molecular weight excluding hydrogens is 907 g/mol. The van der Waals surface area contributed by atoms with Gasteiger partial charge in [0.25, 0.3) is 20.2 Å². The molecule has 0 aliphatic carbocycles. The second kappa shape index (κ2) is 16.8. The van der Waals surface area contributed by atoms with Crippen LogP contribution in [0.15, 0.2) is 94.6 Å². The third kappa shape index (κ3) is 11.4. The van der Waals surface area contributed by atoms with Gasteiger partial charge < -0.3 is 15.6 Å². The van der Waals surface area contributed by atoms with Crippen molar-refractivity contribution >= 4 is 99.9 Å². The molecule has 0 saturated heterocycles. The first kappa shape index (κ1) is 45.9. The minimum Gasteiger partial charge on any atom is -0.505 e. The Balaban J connectivity index is 1.81. The SMILES string of the molecule is COc1cc(S(=O)(=O)CCOS(=O)(=O)O)ccc1N=Nc1c(S(=O)(=O)O)cc2cc(S(=O)(=O)O)c(N=Nc3ccc(S(=O)(=O)CCOS(=O)(=O)O)cc3)c(N)c2c1O. The van der Waals surface area contributed by atoms with Crippen molar-refractivity contribution in [3.05, 3.63) is 54.6 Å². The molecule has 0 radical (unpaired) electrons. The van der Waals surface area contributed by atoms with Crippen molar-refractivity contribution in [1.82, 2.24) is 0 Å². The zero-order chi connectivity index (χ0) is 43.6. The van der Waals surface area contributed by atoms with Crippen LogP contribution in [0.1, 0.15) is 0 Å². The van der Waals surface area contributed by atoms with Crippen LogP contribution in [-0.2, 0) is 69.1 Å². The van der Waals surface area contributed by atoms with E-state index in [1.165, 1.54) is 0 Å². The lowest BCUT2D eigenvalue weighted by molar-refractivity contribution is 0.282. The Hall–Kier alpha value is -4.80. The number of phenolic OH excluding ortho intramolecular Hbond substituents is 1. The van der Waals surface area contributed by atoms with Crippen LogP contribution in [-0.4, -0.2) is 106 Å². The molecule has 4 aromatic carbocycles. The third-order valence-electron chi connectivity index (χ3n) is 7.27. The van der Waals surface area contributed by atoms with Gasteiger partial charge in [-0.3, -0.25) is 18.2 Å². The molecule has 7 N–H and O–H groups in total. The van der Waals surface area contributed by atoms with Crippen LogP contribution in [0.3, 0.4) is 0 Å². The summed E-state index contributed by atoms with van der Waals surface area (Å²) >= 11 is 0. The first-order valence-electron chi connectivity index (χ1n) is 14.9. The molecule has 4 aromatic rings. The Bertz CT molecular complexity index is 3030. The number of nitrogens with zero attached hydrogens (tertiary/aromatic N) is 4. The van der Waals surface area contributed by atoms with Gasteiger partial charge in [-0.1, -0.05) is 0 Å². The number of rotatable bonds is 17. The third-order valence-corrected chi connectivity index (χ3v) is 13.3. The number of hydrogen-bond acceptors (Lipinski definition) is 21. The molecule has 316 valence electrons. The number of sulfone groups is 2. The van der Waals surface area contributed by atoms with Gasteiger partial charge in [-0.2, -0.15) is 38.8 Å². The zero-order valence-electron chi connectivity index (χ0n) is 28.7. The van der Waals surface area contributed by atoms with Crippen molar-refractivity contribution < 1.29 is 86.9 Å². The van der Waals surface area contributed by atoms with Crippen molar-refractivity contribution in [3.8, 4) is 11.5 Å². The van der Waals surface area contributed by atoms with Gasteiger partial charge in [-0.25, -0.2) is 25.2 Å². The molecule has 0 aliphatic heterocycles. The van der Waals surface area contributed by atoms with Crippen LogP contribution in [0.25, 0.3) is 10.8 Å². The Morgan fingerprint density at radius 1 is 0.603 bits per heavy atom. The maximum absolute atomic E-state index is 12.7. The first-order chi connectivity index (χ1) is 26.5. The topological polar surface area (TPSA) is 409 Å². The van der Waals surface area contributed by atoms with E-state index in [1.807, 2.05) is 0 Å². The van der Waals surface area contributed by atoms with Crippen LogP contribution in [0, 0.1) is 0 Å². The Kier molecular flexibility index (Phi) is 13.3. The van der Waals surface area contributed by atoms with E-state index >= 15 is 0 Å². The van der Waals surface area contributed by atoms with Gasteiger partial charge in [0.15, 0.2) is 25.4 Å². The summed E-state index contributed by atoms with van der Waals surface area (Å²) in [4.78, 5) is -3.08. The summed E-state index contributed by atoms with van der Waals surface area (Å²) in [5.41, 5.74) is 3.08. The normalized spacial score (nSPS) is 13.5. The van der Waals surface area contributed by atoms with E-state index < -0.39 is 134 Å². The maximum Gasteiger partial charge on any atom is 0.397 e. The zero-order valence-corrected chi connectivity index (χ0v) is 33.6.